The summed E-state index contributed by atoms with van der Waals surface area (Å²) in [5.41, 5.74) is 3.95. The Balaban J connectivity index is 2.64. The number of aryl methyl sites for hydroxylation is 2. The minimum absolute atomic E-state index is 0.561. The molecule has 0 aliphatic heterocycles. The Hall–Kier alpha value is -0.830. The van der Waals surface area contributed by atoms with Gasteiger partial charge in [-0.2, -0.15) is 5.10 Å². The summed E-state index contributed by atoms with van der Waals surface area (Å²) in [7, 11) is 0. The summed E-state index contributed by atoms with van der Waals surface area (Å²) >= 11 is 0. The van der Waals surface area contributed by atoms with E-state index in [1.54, 1.807) is 0 Å². The summed E-state index contributed by atoms with van der Waals surface area (Å²) in [4.78, 5) is 0. The lowest BCUT2D eigenvalue weighted by Crippen LogP contribution is -2.25. The van der Waals surface area contributed by atoms with E-state index in [9.17, 15) is 0 Å². The summed E-state index contributed by atoms with van der Waals surface area (Å²) in [5.74, 6) is 0. The van der Waals surface area contributed by atoms with Crippen LogP contribution < -0.4 is 5.32 Å². The van der Waals surface area contributed by atoms with Gasteiger partial charge in [-0.05, 0) is 38.8 Å². The molecule has 1 heterocycles. The Morgan fingerprint density at radius 2 is 2.00 bits per heavy atom. The van der Waals surface area contributed by atoms with Crippen molar-refractivity contribution in [3.63, 3.8) is 0 Å². The SMILES string of the molecule is CCCn1nc(C)c(CCNC(C)C)c1C. The van der Waals surface area contributed by atoms with Crippen molar-refractivity contribution in [1.29, 1.82) is 0 Å². The fourth-order valence-electron chi connectivity index (χ4n) is 2.01. The highest BCUT2D eigenvalue weighted by molar-refractivity contribution is 5.24. The molecule has 0 aliphatic rings. The van der Waals surface area contributed by atoms with Gasteiger partial charge in [0.2, 0.25) is 0 Å². The number of rotatable bonds is 6. The summed E-state index contributed by atoms with van der Waals surface area (Å²) < 4.78 is 2.14. The van der Waals surface area contributed by atoms with Gasteiger partial charge in [0.15, 0.2) is 0 Å². The fraction of sp³-hybridized carbons (Fsp3) is 0.769. The lowest BCUT2D eigenvalue weighted by atomic mass is 10.1. The normalized spacial score (nSPS) is 11.4. The predicted octanol–water partition coefficient (Wildman–Crippen LogP) is 2.45. The largest absolute Gasteiger partial charge is 0.314 e. The van der Waals surface area contributed by atoms with Gasteiger partial charge in [0.25, 0.3) is 0 Å². The second kappa shape index (κ2) is 6.04. The maximum Gasteiger partial charge on any atom is 0.0628 e. The molecule has 92 valence electrons. The van der Waals surface area contributed by atoms with E-state index >= 15 is 0 Å². The smallest absolute Gasteiger partial charge is 0.0628 e. The van der Waals surface area contributed by atoms with E-state index in [4.69, 9.17) is 0 Å². The molecule has 3 nitrogen and oxygen atoms in total. The van der Waals surface area contributed by atoms with Crippen LogP contribution in [-0.4, -0.2) is 22.4 Å². The number of hydrogen-bond acceptors (Lipinski definition) is 2. The highest BCUT2D eigenvalue weighted by Crippen LogP contribution is 2.13. The molecule has 0 saturated heterocycles. The third-order valence-corrected chi connectivity index (χ3v) is 2.89. The minimum Gasteiger partial charge on any atom is -0.314 e. The molecule has 16 heavy (non-hydrogen) atoms. The monoisotopic (exact) mass is 223 g/mol. The van der Waals surface area contributed by atoms with Crippen LogP contribution >= 0.6 is 0 Å². The zero-order valence-corrected chi connectivity index (χ0v) is 11.3. The first kappa shape index (κ1) is 13.2. The van der Waals surface area contributed by atoms with Gasteiger partial charge in [-0.1, -0.05) is 20.8 Å². The van der Waals surface area contributed by atoms with Gasteiger partial charge >= 0.3 is 0 Å². The summed E-state index contributed by atoms with van der Waals surface area (Å²) in [5, 5.41) is 8.04. The second-order valence-electron chi connectivity index (χ2n) is 4.73. The molecule has 0 aliphatic carbocycles. The molecule has 0 fully saturated rings. The van der Waals surface area contributed by atoms with Crippen molar-refractivity contribution in [1.82, 2.24) is 15.1 Å². The Bertz CT molecular complexity index is 326. The first-order valence-corrected chi connectivity index (χ1v) is 6.32. The van der Waals surface area contributed by atoms with Crippen molar-refractivity contribution in [2.24, 2.45) is 0 Å². The number of nitrogens with zero attached hydrogens (tertiary/aromatic N) is 2. The topological polar surface area (TPSA) is 29.9 Å². The summed E-state index contributed by atoms with van der Waals surface area (Å²) in [6, 6.07) is 0.561. The number of nitrogens with one attached hydrogen (secondary N) is 1. The van der Waals surface area contributed by atoms with E-state index in [0.29, 0.717) is 6.04 Å². The minimum atomic E-state index is 0.561. The van der Waals surface area contributed by atoms with E-state index in [2.05, 4.69) is 49.7 Å². The Morgan fingerprint density at radius 1 is 1.31 bits per heavy atom. The second-order valence-corrected chi connectivity index (χ2v) is 4.73. The molecule has 0 bridgehead atoms. The number of aromatic nitrogens is 2. The van der Waals surface area contributed by atoms with Crippen LogP contribution in [0.2, 0.25) is 0 Å². The van der Waals surface area contributed by atoms with Gasteiger partial charge in [0.05, 0.1) is 5.69 Å². The molecule has 1 N–H and O–H groups in total. The van der Waals surface area contributed by atoms with Crippen LogP contribution in [0, 0.1) is 13.8 Å². The fourth-order valence-corrected chi connectivity index (χ4v) is 2.01. The van der Waals surface area contributed by atoms with Crippen LogP contribution in [0.5, 0.6) is 0 Å². The molecule has 0 spiro atoms. The average Bonchev–Trinajstić information content (AvgIpc) is 2.45. The van der Waals surface area contributed by atoms with Crippen LogP contribution in [0.25, 0.3) is 0 Å². The molecule has 0 amide bonds. The highest BCUT2D eigenvalue weighted by atomic mass is 15.3. The molecule has 3 heteroatoms. The van der Waals surface area contributed by atoms with Gasteiger partial charge in [0.1, 0.15) is 0 Å². The Labute approximate surface area is 99.2 Å². The third-order valence-electron chi connectivity index (χ3n) is 2.89. The Kier molecular flexibility index (Phi) is 5.00. The van der Waals surface area contributed by atoms with Crippen molar-refractivity contribution in [3.8, 4) is 0 Å². The van der Waals surface area contributed by atoms with Crippen LogP contribution in [0.15, 0.2) is 0 Å². The van der Waals surface area contributed by atoms with Crippen LogP contribution in [-0.2, 0) is 13.0 Å². The molecule has 0 saturated carbocycles. The first-order valence-electron chi connectivity index (χ1n) is 6.32. The van der Waals surface area contributed by atoms with E-state index < -0.39 is 0 Å². The van der Waals surface area contributed by atoms with E-state index in [0.717, 1.165) is 25.9 Å². The summed E-state index contributed by atoms with van der Waals surface area (Å²) in [6.45, 7) is 12.9. The molecule has 0 unspecified atom stereocenters. The summed E-state index contributed by atoms with van der Waals surface area (Å²) in [6.07, 6.45) is 2.23. The van der Waals surface area contributed by atoms with Gasteiger partial charge in [-0.3, -0.25) is 4.68 Å². The van der Waals surface area contributed by atoms with Crippen molar-refractivity contribution in [2.75, 3.05) is 6.54 Å². The zero-order chi connectivity index (χ0) is 12.1. The molecule has 1 aromatic heterocycles. The lowest BCUT2D eigenvalue weighted by Gasteiger charge is -2.08. The van der Waals surface area contributed by atoms with Crippen molar-refractivity contribution >= 4 is 0 Å². The molecule has 1 rings (SSSR count). The van der Waals surface area contributed by atoms with Gasteiger partial charge in [0, 0.05) is 18.3 Å². The maximum absolute atomic E-state index is 4.59. The van der Waals surface area contributed by atoms with Crippen LogP contribution in [0.1, 0.15) is 44.1 Å². The van der Waals surface area contributed by atoms with E-state index in [1.807, 2.05) is 0 Å². The van der Waals surface area contributed by atoms with E-state index in [-0.39, 0.29) is 0 Å². The molecule has 0 aromatic carbocycles. The first-order chi connectivity index (χ1) is 7.56. The maximum atomic E-state index is 4.59. The van der Waals surface area contributed by atoms with E-state index in [1.165, 1.54) is 17.0 Å². The molecular formula is C13H25N3. The Morgan fingerprint density at radius 3 is 2.56 bits per heavy atom. The number of hydrogen-bond donors (Lipinski definition) is 1. The molecule has 0 radical (unpaired) electrons. The highest BCUT2D eigenvalue weighted by Gasteiger charge is 2.10. The average molecular weight is 223 g/mol. The van der Waals surface area contributed by atoms with Gasteiger partial charge in [-0.15, -0.1) is 0 Å². The zero-order valence-electron chi connectivity index (χ0n) is 11.3. The third kappa shape index (κ3) is 3.34. The quantitative estimate of drug-likeness (QED) is 0.803. The van der Waals surface area contributed by atoms with Gasteiger partial charge in [-0.25, -0.2) is 0 Å². The van der Waals surface area contributed by atoms with Gasteiger partial charge < -0.3 is 5.32 Å². The van der Waals surface area contributed by atoms with Crippen molar-refractivity contribution in [2.45, 2.75) is 60.0 Å². The molecular weight excluding hydrogens is 198 g/mol. The van der Waals surface area contributed by atoms with Crippen molar-refractivity contribution < 1.29 is 0 Å². The molecule has 0 atom stereocenters. The molecule has 1 aromatic rings. The lowest BCUT2D eigenvalue weighted by molar-refractivity contribution is 0.578. The standard InChI is InChI=1S/C13H25N3/c1-6-9-16-12(5)13(11(4)15-16)7-8-14-10(2)3/h10,14H,6-9H2,1-5H3. The van der Waals surface area contributed by atoms with Crippen LogP contribution in [0.3, 0.4) is 0 Å². The van der Waals surface area contributed by atoms with Crippen molar-refractivity contribution in [3.05, 3.63) is 17.0 Å². The van der Waals surface area contributed by atoms with Crippen LogP contribution in [0.4, 0.5) is 0 Å². The predicted molar refractivity (Wildman–Crippen MR) is 68.8 cm³/mol.